The van der Waals surface area contributed by atoms with E-state index in [0.29, 0.717) is 10.6 Å². The molecular weight excluding hydrogens is 533 g/mol. The van der Waals surface area contributed by atoms with E-state index in [1.54, 1.807) is 24.3 Å². The number of alkyl halides is 3. The van der Waals surface area contributed by atoms with Crippen molar-refractivity contribution in [3.8, 4) is 11.5 Å². The smallest absolute Gasteiger partial charge is 0.452 e. The Kier molecular flexibility index (Phi) is 7.69. The van der Waals surface area contributed by atoms with Crippen molar-refractivity contribution >= 4 is 28.9 Å². The average Bonchev–Trinajstić information content (AvgIpc) is 3.19. The number of anilines is 2. The molecule has 1 atom stereocenters. The summed E-state index contributed by atoms with van der Waals surface area (Å²) in [5.41, 5.74) is -0.769. The lowest BCUT2D eigenvalue weighted by atomic mass is 10.2. The van der Waals surface area contributed by atoms with E-state index in [1.165, 1.54) is 31.2 Å². The summed E-state index contributed by atoms with van der Waals surface area (Å²) in [4.78, 5) is 40.1. The number of ketones is 1. The number of methoxy groups -OCH3 is 1. The molecule has 3 aromatic rings. The quantitative estimate of drug-likeness (QED) is 0.430. The van der Waals surface area contributed by atoms with E-state index in [0.717, 1.165) is 21.3 Å². The second kappa shape index (κ2) is 10.8. The number of fused-ring (bicyclic) bond motifs is 1. The Bertz CT molecular complexity index is 1460. The van der Waals surface area contributed by atoms with E-state index < -0.39 is 42.0 Å². The molecule has 0 saturated carbocycles. The predicted molar refractivity (Wildman–Crippen MR) is 132 cm³/mol. The Morgan fingerprint density at radius 3 is 2.45 bits per heavy atom. The van der Waals surface area contributed by atoms with Crippen LogP contribution in [0.2, 0.25) is 5.02 Å². The standard InChI is InChI=1S/C24H22ClF3N4O6/c1-30-20-19(21(34)32(23(30)35)12-16(33)13-36-2)31(11-14-6-8-15(25)9-7-14)22(29-20)37-17-4-3-5-18(10-17)38-24(26,27)28/h3-10,22,29H,11-13H2,1-2H3. The molecule has 4 rings (SSSR count). The molecule has 1 unspecified atom stereocenters. The van der Waals surface area contributed by atoms with Crippen LogP contribution in [-0.4, -0.2) is 41.3 Å². The number of aromatic nitrogens is 2. The summed E-state index contributed by atoms with van der Waals surface area (Å²) in [6.45, 7) is -0.717. The molecule has 0 saturated heterocycles. The Balaban J connectivity index is 1.75. The molecule has 10 nitrogen and oxygen atoms in total. The number of Topliss-reactive ketones (excluding diaryl/α,β-unsaturated/α-hetero) is 1. The lowest BCUT2D eigenvalue weighted by Crippen LogP contribution is -2.44. The Labute approximate surface area is 218 Å². The number of hydrogen-bond donors (Lipinski definition) is 1. The van der Waals surface area contributed by atoms with Crippen molar-refractivity contribution in [3.63, 3.8) is 0 Å². The molecule has 0 amide bonds. The number of carbonyl (C=O) groups excluding carboxylic acids is 1. The molecule has 202 valence electrons. The molecule has 2 aromatic carbocycles. The van der Waals surface area contributed by atoms with Crippen LogP contribution in [0, 0.1) is 0 Å². The highest BCUT2D eigenvalue weighted by Crippen LogP contribution is 2.34. The highest BCUT2D eigenvalue weighted by atomic mass is 35.5. The highest BCUT2D eigenvalue weighted by Gasteiger charge is 2.37. The number of carbonyl (C=O) groups is 1. The third-order valence-corrected chi connectivity index (χ3v) is 5.80. The molecule has 1 N–H and O–H groups in total. The second-order valence-corrected chi connectivity index (χ2v) is 8.73. The van der Waals surface area contributed by atoms with Gasteiger partial charge in [0.1, 0.15) is 29.6 Å². The van der Waals surface area contributed by atoms with Crippen LogP contribution >= 0.6 is 11.6 Å². The van der Waals surface area contributed by atoms with Gasteiger partial charge in [-0.25, -0.2) is 4.79 Å². The molecule has 0 fully saturated rings. The predicted octanol–water partition coefficient (Wildman–Crippen LogP) is 3.11. The van der Waals surface area contributed by atoms with Gasteiger partial charge in [-0.15, -0.1) is 13.2 Å². The Hall–Kier alpha value is -3.97. The van der Waals surface area contributed by atoms with E-state index in [1.807, 2.05) is 0 Å². The molecule has 1 aliphatic rings. The van der Waals surface area contributed by atoms with E-state index in [2.05, 4.69) is 10.1 Å². The molecule has 14 heteroatoms. The maximum absolute atomic E-state index is 13.5. The number of hydrogen-bond acceptors (Lipinski definition) is 8. The number of nitrogens with one attached hydrogen (secondary N) is 1. The van der Waals surface area contributed by atoms with Crippen molar-refractivity contribution in [1.82, 2.24) is 9.13 Å². The van der Waals surface area contributed by atoms with Crippen LogP contribution in [-0.2, 0) is 29.7 Å². The van der Waals surface area contributed by atoms with Crippen molar-refractivity contribution in [2.24, 2.45) is 7.05 Å². The first-order valence-corrected chi connectivity index (χ1v) is 11.5. The number of nitrogens with zero attached hydrogens (tertiary/aromatic N) is 3. The molecule has 1 aliphatic heterocycles. The normalized spacial score (nSPS) is 14.7. The first-order valence-electron chi connectivity index (χ1n) is 11.1. The zero-order chi connectivity index (χ0) is 27.6. The van der Waals surface area contributed by atoms with Gasteiger partial charge < -0.3 is 24.4 Å². The van der Waals surface area contributed by atoms with Crippen LogP contribution in [0.4, 0.5) is 24.7 Å². The lowest BCUT2D eigenvalue weighted by Gasteiger charge is -2.26. The van der Waals surface area contributed by atoms with Gasteiger partial charge in [-0.2, -0.15) is 0 Å². The summed E-state index contributed by atoms with van der Waals surface area (Å²) in [7, 11) is 2.72. The fourth-order valence-electron chi connectivity index (χ4n) is 3.93. The van der Waals surface area contributed by atoms with Gasteiger partial charge in [0.15, 0.2) is 5.78 Å². The highest BCUT2D eigenvalue weighted by molar-refractivity contribution is 6.30. The van der Waals surface area contributed by atoms with Gasteiger partial charge in [-0.05, 0) is 29.8 Å². The SMILES string of the molecule is COCC(=O)Cn1c(=O)c2c(n(C)c1=O)NC(Oc1cccc(OC(F)(F)F)c1)N2Cc1ccc(Cl)cc1. The minimum absolute atomic E-state index is 0.00115. The lowest BCUT2D eigenvalue weighted by molar-refractivity contribution is -0.274. The minimum Gasteiger partial charge on any atom is -0.452 e. The number of benzene rings is 2. The monoisotopic (exact) mass is 554 g/mol. The van der Waals surface area contributed by atoms with E-state index >= 15 is 0 Å². The summed E-state index contributed by atoms with van der Waals surface area (Å²) in [6, 6.07) is 11.6. The van der Waals surface area contributed by atoms with Crippen molar-refractivity contribution in [2.45, 2.75) is 25.8 Å². The van der Waals surface area contributed by atoms with Crippen molar-refractivity contribution in [2.75, 3.05) is 23.9 Å². The summed E-state index contributed by atoms with van der Waals surface area (Å²) in [5.74, 6) is -0.881. The van der Waals surface area contributed by atoms with Gasteiger partial charge >= 0.3 is 12.1 Å². The number of ether oxygens (including phenoxy) is 3. The molecule has 38 heavy (non-hydrogen) atoms. The van der Waals surface area contributed by atoms with Gasteiger partial charge in [0.05, 0.1) is 6.54 Å². The van der Waals surface area contributed by atoms with Crippen LogP contribution in [0.1, 0.15) is 5.56 Å². The molecule has 0 bridgehead atoms. The van der Waals surface area contributed by atoms with Crippen LogP contribution in [0.15, 0.2) is 58.1 Å². The van der Waals surface area contributed by atoms with Crippen LogP contribution in [0.5, 0.6) is 11.5 Å². The topological polar surface area (TPSA) is 104 Å². The maximum atomic E-state index is 13.5. The zero-order valence-corrected chi connectivity index (χ0v) is 20.9. The largest absolute Gasteiger partial charge is 0.573 e. The van der Waals surface area contributed by atoms with Gasteiger partial charge in [-0.3, -0.25) is 18.7 Å². The zero-order valence-electron chi connectivity index (χ0n) is 20.1. The fourth-order valence-corrected chi connectivity index (χ4v) is 4.05. The molecule has 0 spiro atoms. The van der Waals surface area contributed by atoms with Crippen molar-refractivity contribution in [1.29, 1.82) is 0 Å². The molecule has 2 heterocycles. The van der Waals surface area contributed by atoms with E-state index in [-0.39, 0.29) is 30.4 Å². The second-order valence-electron chi connectivity index (χ2n) is 8.29. The summed E-state index contributed by atoms with van der Waals surface area (Å²) >= 11 is 5.99. The summed E-state index contributed by atoms with van der Waals surface area (Å²) in [6.07, 6.45) is -6.02. The van der Waals surface area contributed by atoms with Gasteiger partial charge in [0.2, 0.25) is 0 Å². The third-order valence-electron chi connectivity index (χ3n) is 5.55. The minimum atomic E-state index is -4.90. The van der Waals surface area contributed by atoms with Crippen molar-refractivity contribution in [3.05, 3.63) is 80.0 Å². The Morgan fingerprint density at radius 1 is 1.11 bits per heavy atom. The average molecular weight is 555 g/mol. The van der Waals surface area contributed by atoms with E-state index in [9.17, 15) is 27.6 Å². The van der Waals surface area contributed by atoms with Crippen LogP contribution < -0.4 is 30.9 Å². The van der Waals surface area contributed by atoms with Gasteiger partial charge in [0, 0.05) is 31.8 Å². The van der Waals surface area contributed by atoms with Gasteiger partial charge in [-0.1, -0.05) is 29.8 Å². The molecule has 0 aliphatic carbocycles. The fraction of sp³-hybridized carbons (Fsp3) is 0.292. The summed E-state index contributed by atoms with van der Waals surface area (Å²) in [5, 5.41) is 3.43. The first kappa shape index (κ1) is 27.1. The maximum Gasteiger partial charge on any atom is 0.573 e. The Morgan fingerprint density at radius 2 is 1.79 bits per heavy atom. The van der Waals surface area contributed by atoms with Crippen molar-refractivity contribution < 1.29 is 32.2 Å². The van der Waals surface area contributed by atoms with Gasteiger partial charge in [0.25, 0.3) is 11.9 Å². The molecule has 1 aromatic heterocycles. The number of rotatable bonds is 9. The number of halogens is 4. The van der Waals surface area contributed by atoms with E-state index in [4.69, 9.17) is 21.1 Å². The first-order chi connectivity index (χ1) is 18.0. The molecular formula is C24H22ClF3N4O6. The van der Waals surface area contributed by atoms with Crippen LogP contribution in [0.25, 0.3) is 0 Å². The molecule has 0 radical (unpaired) electrons. The summed E-state index contributed by atoms with van der Waals surface area (Å²) < 4.78 is 54.7. The van der Waals surface area contributed by atoms with Crippen LogP contribution in [0.3, 0.4) is 0 Å². The third kappa shape index (κ3) is 5.94.